The number of nitrogens with zero attached hydrogens (tertiary/aromatic N) is 2. The fourth-order valence-corrected chi connectivity index (χ4v) is 3.10. The molecular weight excluding hydrogens is 340 g/mol. The fraction of sp³-hybridized carbons (Fsp3) is 0.273. The van der Waals surface area contributed by atoms with E-state index in [1.165, 1.54) is 4.57 Å². The van der Waals surface area contributed by atoms with Crippen LogP contribution in [0, 0.1) is 0 Å². The van der Waals surface area contributed by atoms with Gasteiger partial charge in [0, 0.05) is 36.2 Å². The Morgan fingerprint density at radius 2 is 1.74 bits per heavy atom. The van der Waals surface area contributed by atoms with Crippen molar-refractivity contribution in [1.82, 2.24) is 9.47 Å². The molecular formula is C22H24N2O3. The Morgan fingerprint density at radius 3 is 2.37 bits per heavy atom. The first-order valence-electron chi connectivity index (χ1n) is 9.11. The Balaban J connectivity index is 2.16. The molecule has 140 valence electrons. The maximum atomic E-state index is 13.1. The standard InChI is InChI=1S/C22H24N2O3/c1-4-5-14-23(2)21(25)20-15-24(16-10-12-17(27-3)13-11-16)22(26)19-9-7-6-8-18(19)20/h6-13,15H,4-5,14H2,1-3H3. The largest absolute Gasteiger partial charge is 0.497 e. The van der Waals surface area contributed by atoms with E-state index in [0.717, 1.165) is 12.8 Å². The van der Waals surface area contributed by atoms with E-state index in [4.69, 9.17) is 4.74 Å². The van der Waals surface area contributed by atoms with Gasteiger partial charge in [0.15, 0.2) is 0 Å². The quantitative estimate of drug-likeness (QED) is 0.667. The first kappa shape index (κ1) is 18.7. The number of aromatic nitrogens is 1. The van der Waals surface area contributed by atoms with Crippen molar-refractivity contribution < 1.29 is 9.53 Å². The second kappa shape index (κ2) is 8.08. The van der Waals surface area contributed by atoms with E-state index in [9.17, 15) is 9.59 Å². The first-order valence-corrected chi connectivity index (χ1v) is 9.11. The summed E-state index contributed by atoms with van der Waals surface area (Å²) >= 11 is 0. The van der Waals surface area contributed by atoms with Crippen LogP contribution in [0.2, 0.25) is 0 Å². The average molecular weight is 364 g/mol. The minimum absolute atomic E-state index is 0.0816. The van der Waals surface area contributed by atoms with Gasteiger partial charge in [-0.3, -0.25) is 14.2 Å². The van der Waals surface area contributed by atoms with Crippen LogP contribution in [0.15, 0.2) is 59.5 Å². The number of hydrogen-bond donors (Lipinski definition) is 0. The van der Waals surface area contributed by atoms with E-state index in [-0.39, 0.29) is 11.5 Å². The van der Waals surface area contributed by atoms with Crippen molar-refractivity contribution in [3.63, 3.8) is 0 Å². The molecule has 1 aromatic heterocycles. The summed E-state index contributed by atoms with van der Waals surface area (Å²) in [5.41, 5.74) is 1.07. The number of carbonyl (C=O) groups excluding carboxylic acids is 1. The highest BCUT2D eigenvalue weighted by molar-refractivity contribution is 6.06. The Labute approximate surface area is 158 Å². The van der Waals surface area contributed by atoms with E-state index < -0.39 is 0 Å². The van der Waals surface area contributed by atoms with Gasteiger partial charge < -0.3 is 9.64 Å². The summed E-state index contributed by atoms with van der Waals surface area (Å²) in [6.45, 7) is 2.78. The molecule has 0 saturated heterocycles. The minimum atomic E-state index is -0.150. The van der Waals surface area contributed by atoms with Gasteiger partial charge in [0.25, 0.3) is 11.5 Å². The maximum Gasteiger partial charge on any atom is 0.262 e. The van der Waals surface area contributed by atoms with Gasteiger partial charge in [0.05, 0.1) is 12.7 Å². The lowest BCUT2D eigenvalue weighted by Gasteiger charge is -2.19. The number of hydrogen-bond acceptors (Lipinski definition) is 3. The van der Waals surface area contributed by atoms with Gasteiger partial charge in [0.2, 0.25) is 0 Å². The van der Waals surface area contributed by atoms with Crippen LogP contribution in [0.4, 0.5) is 0 Å². The van der Waals surface area contributed by atoms with Crippen molar-refractivity contribution in [3.05, 3.63) is 70.6 Å². The molecule has 0 saturated carbocycles. The molecule has 3 aromatic rings. The Kier molecular flexibility index (Phi) is 5.60. The van der Waals surface area contributed by atoms with Crippen molar-refractivity contribution in [1.29, 1.82) is 0 Å². The number of pyridine rings is 1. The van der Waals surface area contributed by atoms with Gasteiger partial charge in [0.1, 0.15) is 5.75 Å². The van der Waals surface area contributed by atoms with Gasteiger partial charge in [-0.1, -0.05) is 31.5 Å². The Hall–Kier alpha value is -3.08. The minimum Gasteiger partial charge on any atom is -0.497 e. The van der Waals surface area contributed by atoms with Crippen LogP contribution in [0.25, 0.3) is 16.5 Å². The first-order chi connectivity index (χ1) is 13.1. The number of unbranched alkanes of at least 4 members (excludes halogenated alkanes) is 1. The summed E-state index contributed by atoms with van der Waals surface area (Å²) in [7, 11) is 3.40. The number of carbonyl (C=O) groups is 1. The molecule has 0 bridgehead atoms. The highest BCUT2D eigenvalue weighted by Gasteiger charge is 2.18. The van der Waals surface area contributed by atoms with Crippen LogP contribution in [0.5, 0.6) is 5.75 Å². The van der Waals surface area contributed by atoms with E-state index in [2.05, 4.69) is 6.92 Å². The second-order valence-corrected chi connectivity index (χ2v) is 6.54. The molecule has 0 aliphatic carbocycles. The topological polar surface area (TPSA) is 51.5 Å². The number of rotatable bonds is 6. The molecule has 0 unspecified atom stereocenters. The summed E-state index contributed by atoms with van der Waals surface area (Å²) in [5.74, 6) is 0.630. The molecule has 1 amide bonds. The number of fused-ring (bicyclic) bond motifs is 1. The van der Waals surface area contributed by atoms with Crippen molar-refractivity contribution in [3.8, 4) is 11.4 Å². The second-order valence-electron chi connectivity index (χ2n) is 6.54. The zero-order valence-corrected chi connectivity index (χ0v) is 15.9. The van der Waals surface area contributed by atoms with Crippen molar-refractivity contribution in [2.45, 2.75) is 19.8 Å². The molecule has 5 heteroatoms. The Morgan fingerprint density at radius 1 is 1.07 bits per heavy atom. The third-order valence-electron chi connectivity index (χ3n) is 4.70. The van der Waals surface area contributed by atoms with Crippen molar-refractivity contribution in [2.24, 2.45) is 0 Å². The molecule has 3 rings (SSSR count). The molecule has 0 aliphatic rings. The molecule has 0 spiro atoms. The normalized spacial score (nSPS) is 10.8. The van der Waals surface area contributed by atoms with Gasteiger partial charge >= 0.3 is 0 Å². The van der Waals surface area contributed by atoms with Crippen LogP contribution in [0.1, 0.15) is 30.1 Å². The van der Waals surface area contributed by atoms with Crippen LogP contribution in [-0.2, 0) is 0 Å². The van der Waals surface area contributed by atoms with Gasteiger partial charge in [-0.15, -0.1) is 0 Å². The number of amides is 1. The predicted molar refractivity (Wildman–Crippen MR) is 108 cm³/mol. The van der Waals surface area contributed by atoms with Crippen molar-refractivity contribution in [2.75, 3.05) is 20.7 Å². The van der Waals surface area contributed by atoms with Crippen molar-refractivity contribution >= 4 is 16.7 Å². The van der Waals surface area contributed by atoms with Crippen LogP contribution < -0.4 is 10.3 Å². The smallest absolute Gasteiger partial charge is 0.262 e. The summed E-state index contributed by atoms with van der Waals surface area (Å²) in [6.07, 6.45) is 3.61. The van der Waals surface area contributed by atoms with E-state index in [1.54, 1.807) is 43.5 Å². The molecule has 0 atom stereocenters. The zero-order valence-electron chi connectivity index (χ0n) is 15.9. The number of methoxy groups -OCH3 is 1. The average Bonchev–Trinajstić information content (AvgIpc) is 2.72. The van der Waals surface area contributed by atoms with Gasteiger partial charge in [-0.05, 0) is 36.8 Å². The summed E-state index contributed by atoms with van der Waals surface area (Å²) < 4.78 is 6.72. The lowest BCUT2D eigenvalue weighted by atomic mass is 10.1. The highest BCUT2D eigenvalue weighted by atomic mass is 16.5. The SMILES string of the molecule is CCCCN(C)C(=O)c1cn(-c2ccc(OC)cc2)c(=O)c2ccccc12. The van der Waals surface area contributed by atoms with Crippen LogP contribution >= 0.6 is 0 Å². The Bertz CT molecular complexity index is 1010. The lowest BCUT2D eigenvalue weighted by molar-refractivity contribution is 0.0794. The molecule has 27 heavy (non-hydrogen) atoms. The summed E-state index contributed by atoms with van der Waals surface area (Å²) in [4.78, 5) is 27.8. The molecule has 0 N–H and O–H groups in total. The summed E-state index contributed by atoms with van der Waals surface area (Å²) in [5, 5.41) is 1.21. The van der Waals surface area contributed by atoms with E-state index >= 15 is 0 Å². The molecule has 2 aromatic carbocycles. The van der Waals surface area contributed by atoms with Crippen LogP contribution in [0.3, 0.4) is 0 Å². The number of ether oxygens (including phenoxy) is 1. The monoisotopic (exact) mass is 364 g/mol. The number of benzene rings is 2. The third-order valence-corrected chi connectivity index (χ3v) is 4.70. The van der Waals surface area contributed by atoms with E-state index in [0.29, 0.717) is 34.3 Å². The molecule has 0 fully saturated rings. The van der Waals surface area contributed by atoms with Gasteiger partial charge in [-0.25, -0.2) is 0 Å². The lowest BCUT2D eigenvalue weighted by Crippen LogP contribution is -2.30. The van der Waals surface area contributed by atoms with Gasteiger partial charge in [-0.2, -0.15) is 0 Å². The van der Waals surface area contributed by atoms with E-state index in [1.807, 2.05) is 30.3 Å². The maximum absolute atomic E-state index is 13.1. The predicted octanol–water partition coefficient (Wildman–Crippen LogP) is 3.87. The van der Waals surface area contributed by atoms with Crippen LogP contribution in [-0.4, -0.2) is 36.1 Å². The summed E-state index contributed by atoms with van der Waals surface area (Å²) in [6, 6.07) is 14.5. The molecule has 0 aliphatic heterocycles. The molecule has 0 radical (unpaired) electrons. The third kappa shape index (κ3) is 3.72. The zero-order chi connectivity index (χ0) is 19.4. The molecule has 5 nitrogen and oxygen atoms in total. The molecule has 1 heterocycles. The fourth-order valence-electron chi connectivity index (χ4n) is 3.10. The highest BCUT2D eigenvalue weighted by Crippen LogP contribution is 2.20.